The van der Waals surface area contributed by atoms with E-state index in [0.717, 1.165) is 38.9 Å². The van der Waals surface area contributed by atoms with Crippen molar-refractivity contribution in [2.75, 3.05) is 0 Å². The van der Waals surface area contributed by atoms with Gasteiger partial charge in [0.1, 0.15) is 11.4 Å². The Balaban J connectivity index is 1.62. The van der Waals surface area contributed by atoms with E-state index in [1.54, 1.807) is 0 Å². The van der Waals surface area contributed by atoms with Crippen molar-refractivity contribution in [2.24, 2.45) is 0 Å². The van der Waals surface area contributed by atoms with Crippen molar-refractivity contribution >= 4 is 16.9 Å². The highest BCUT2D eigenvalue weighted by atomic mass is 16.5. The predicted molar refractivity (Wildman–Crippen MR) is 137 cm³/mol. The maximum absolute atomic E-state index is 12.4. The zero-order valence-electron chi connectivity index (χ0n) is 20.3. The number of nitrogens with one attached hydrogen (secondary N) is 1. The van der Waals surface area contributed by atoms with Crippen LogP contribution in [0.2, 0.25) is 0 Å². The summed E-state index contributed by atoms with van der Waals surface area (Å²) in [6, 6.07) is 22.4. The van der Waals surface area contributed by atoms with Gasteiger partial charge in [-0.1, -0.05) is 54.1 Å². The van der Waals surface area contributed by atoms with Crippen molar-refractivity contribution in [3.63, 3.8) is 0 Å². The molecule has 0 radical (unpaired) electrons. The Hall–Kier alpha value is -3.57. The minimum absolute atomic E-state index is 0.138. The van der Waals surface area contributed by atoms with Crippen molar-refractivity contribution < 1.29 is 14.6 Å². The lowest BCUT2D eigenvalue weighted by molar-refractivity contribution is 0.0684. The number of hydrogen-bond donors (Lipinski definition) is 2. The fourth-order valence-electron chi connectivity index (χ4n) is 4.28. The third-order valence-electron chi connectivity index (χ3n) is 5.91. The molecular formula is C29H32N2O3. The molecule has 4 aromatic rings. The standard InChI is InChI=1S/C29H32N2O3/c1-19(2)34-24-12-10-22(11-13-24)16-30-17-26-25-14-7-21(4)15-27(25)31(28(26)29(32)33)18-23-8-5-20(3)6-9-23/h5-15,19,30H,16-18H2,1-4H3,(H,32,33). The van der Waals surface area contributed by atoms with Gasteiger partial charge in [-0.2, -0.15) is 0 Å². The van der Waals surface area contributed by atoms with Crippen LogP contribution in [0.4, 0.5) is 0 Å². The number of fused-ring (bicyclic) bond motifs is 1. The molecule has 4 rings (SSSR count). The smallest absolute Gasteiger partial charge is 0.352 e. The number of aryl methyl sites for hydroxylation is 2. The summed E-state index contributed by atoms with van der Waals surface area (Å²) in [4.78, 5) is 12.4. The van der Waals surface area contributed by atoms with Crippen molar-refractivity contribution in [2.45, 2.75) is 53.4 Å². The lowest BCUT2D eigenvalue weighted by Crippen LogP contribution is -2.17. The van der Waals surface area contributed by atoms with Crippen molar-refractivity contribution in [3.05, 3.63) is 100 Å². The first-order valence-electron chi connectivity index (χ1n) is 11.7. The maximum Gasteiger partial charge on any atom is 0.352 e. The first-order chi connectivity index (χ1) is 16.3. The van der Waals surface area contributed by atoms with Crippen LogP contribution in [0.1, 0.15) is 52.2 Å². The molecule has 0 aliphatic rings. The van der Waals surface area contributed by atoms with Crippen LogP contribution in [0.3, 0.4) is 0 Å². The van der Waals surface area contributed by atoms with Crippen molar-refractivity contribution in [1.29, 1.82) is 0 Å². The summed E-state index contributed by atoms with van der Waals surface area (Å²) < 4.78 is 7.65. The van der Waals surface area contributed by atoms with Crippen LogP contribution in [0.15, 0.2) is 66.7 Å². The molecular weight excluding hydrogens is 424 g/mol. The Morgan fingerprint density at radius 1 is 0.912 bits per heavy atom. The first kappa shape index (κ1) is 23.6. The van der Waals surface area contributed by atoms with E-state index in [1.165, 1.54) is 5.56 Å². The minimum Gasteiger partial charge on any atom is -0.491 e. The largest absolute Gasteiger partial charge is 0.491 e. The Bertz CT molecular complexity index is 1290. The van der Waals surface area contributed by atoms with Crippen LogP contribution in [0.5, 0.6) is 5.75 Å². The number of carboxylic acids is 1. The van der Waals surface area contributed by atoms with Gasteiger partial charge in [0, 0.05) is 36.1 Å². The Labute approximate surface area is 201 Å². The van der Waals surface area contributed by atoms with Gasteiger partial charge in [-0.05, 0) is 62.6 Å². The summed E-state index contributed by atoms with van der Waals surface area (Å²) in [5.74, 6) is -0.0607. The van der Waals surface area contributed by atoms with Gasteiger partial charge in [-0.3, -0.25) is 0 Å². The average Bonchev–Trinajstić information content (AvgIpc) is 3.09. The van der Waals surface area contributed by atoms with E-state index in [1.807, 2.05) is 61.7 Å². The van der Waals surface area contributed by atoms with Gasteiger partial charge in [0.2, 0.25) is 0 Å². The molecule has 0 aliphatic carbocycles. The second-order valence-electron chi connectivity index (χ2n) is 9.14. The lowest BCUT2D eigenvalue weighted by Gasteiger charge is -2.11. The molecule has 2 N–H and O–H groups in total. The summed E-state index contributed by atoms with van der Waals surface area (Å²) in [5, 5.41) is 14.6. The van der Waals surface area contributed by atoms with Crippen LogP contribution < -0.4 is 10.1 Å². The number of benzene rings is 3. The zero-order chi connectivity index (χ0) is 24.2. The fourth-order valence-corrected chi connectivity index (χ4v) is 4.28. The molecule has 0 atom stereocenters. The molecule has 5 heteroatoms. The highest BCUT2D eigenvalue weighted by Crippen LogP contribution is 2.29. The highest BCUT2D eigenvalue weighted by Gasteiger charge is 2.22. The summed E-state index contributed by atoms with van der Waals surface area (Å²) in [6.45, 7) is 9.71. The van der Waals surface area contributed by atoms with E-state index in [0.29, 0.717) is 25.3 Å². The van der Waals surface area contributed by atoms with Gasteiger partial charge >= 0.3 is 5.97 Å². The molecule has 0 unspecified atom stereocenters. The van der Waals surface area contributed by atoms with Gasteiger partial charge in [-0.15, -0.1) is 0 Å². The number of carbonyl (C=O) groups is 1. The van der Waals surface area contributed by atoms with Crippen LogP contribution in [0.25, 0.3) is 10.9 Å². The molecule has 0 amide bonds. The highest BCUT2D eigenvalue weighted by molar-refractivity contribution is 5.98. The summed E-state index contributed by atoms with van der Waals surface area (Å²) in [7, 11) is 0. The average molecular weight is 457 g/mol. The molecule has 0 bridgehead atoms. The molecule has 176 valence electrons. The summed E-state index contributed by atoms with van der Waals surface area (Å²) >= 11 is 0. The van der Waals surface area contributed by atoms with E-state index >= 15 is 0 Å². The minimum atomic E-state index is -0.909. The molecule has 34 heavy (non-hydrogen) atoms. The van der Waals surface area contributed by atoms with E-state index < -0.39 is 5.97 Å². The Morgan fingerprint density at radius 2 is 1.56 bits per heavy atom. The van der Waals surface area contributed by atoms with Gasteiger partial charge < -0.3 is 19.7 Å². The van der Waals surface area contributed by atoms with Crippen molar-refractivity contribution in [3.8, 4) is 5.75 Å². The number of aromatic nitrogens is 1. The number of nitrogens with zero attached hydrogens (tertiary/aromatic N) is 1. The lowest BCUT2D eigenvalue weighted by atomic mass is 10.1. The molecule has 3 aromatic carbocycles. The number of aromatic carboxylic acids is 1. The molecule has 0 saturated carbocycles. The fraction of sp³-hybridized carbons (Fsp3) is 0.276. The second kappa shape index (κ2) is 10.1. The predicted octanol–water partition coefficient (Wildman–Crippen LogP) is 6.08. The second-order valence-corrected chi connectivity index (χ2v) is 9.14. The molecule has 0 saturated heterocycles. The Morgan fingerprint density at radius 3 is 2.21 bits per heavy atom. The number of ether oxygens (including phenoxy) is 1. The summed E-state index contributed by atoms with van der Waals surface area (Å²) in [5.41, 5.74) is 6.59. The SMILES string of the molecule is Cc1ccc(Cn2c(C(=O)O)c(CNCc3ccc(OC(C)C)cc3)c3ccc(C)cc32)cc1. The molecule has 0 spiro atoms. The zero-order valence-corrected chi connectivity index (χ0v) is 20.3. The van der Waals surface area contributed by atoms with Gasteiger partial charge in [0.15, 0.2) is 0 Å². The molecule has 1 aromatic heterocycles. The summed E-state index contributed by atoms with van der Waals surface area (Å²) in [6.07, 6.45) is 0.138. The van der Waals surface area contributed by atoms with E-state index in [2.05, 4.69) is 42.6 Å². The normalized spacial score (nSPS) is 11.3. The number of carboxylic acid groups (broad SMARTS) is 1. The van der Waals surface area contributed by atoms with Crippen LogP contribution in [-0.4, -0.2) is 21.7 Å². The Kier molecular flexibility index (Phi) is 7.03. The molecule has 5 nitrogen and oxygen atoms in total. The van der Waals surface area contributed by atoms with E-state index in [-0.39, 0.29) is 6.10 Å². The monoisotopic (exact) mass is 456 g/mol. The van der Waals surface area contributed by atoms with Gasteiger partial charge in [0.25, 0.3) is 0 Å². The van der Waals surface area contributed by atoms with Gasteiger partial charge in [0.05, 0.1) is 6.10 Å². The maximum atomic E-state index is 12.4. The topological polar surface area (TPSA) is 63.5 Å². The van der Waals surface area contributed by atoms with Crippen molar-refractivity contribution in [1.82, 2.24) is 9.88 Å². The van der Waals surface area contributed by atoms with Crippen LogP contribution in [0, 0.1) is 13.8 Å². The van der Waals surface area contributed by atoms with E-state index in [9.17, 15) is 9.90 Å². The third kappa shape index (κ3) is 5.32. The van der Waals surface area contributed by atoms with Gasteiger partial charge in [-0.25, -0.2) is 4.79 Å². The van der Waals surface area contributed by atoms with Crippen LogP contribution >= 0.6 is 0 Å². The number of hydrogen-bond acceptors (Lipinski definition) is 3. The van der Waals surface area contributed by atoms with E-state index in [4.69, 9.17) is 4.74 Å². The number of rotatable bonds is 9. The quantitative estimate of drug-likeness (QED) is 0.320. The molecule has 0 aliphatic heterocycles. The molecule has 0 fully saturated rings. The molecule has 1 heterocycles. The third-order valence-corrected chi connectivity index (χ3v) is 5.91. The first-order valence-corrected chi connectivity index (χ1v) is 11.7. The van der Waals surface area contributed by atoms with Crippen LogP contribution in [-0.2, 0) is 19.6 Å².